The number of aromatic nitrogens is 2. The van der Waals surface area contributed by atoms with Crippen molar-refractivity contribution < 1.29 is 5.11 Å². The lowest BCUT2D eigenvalue weighted by Gasteiger charge is -2.20. The van der Waals surface area contributed by atoms with Gasteiger partial charge < -0.3 is 9.67 Å². The van der Waals surface area contributed by atoms with Crippen LogP contribution >= 0.6 is 0 Å². The van der Waals surface area contributed by atoms with E-state index in [4.69, 9.17) is 0 Å². The second kappa shape index (κ2) is 2.59. The Labute approximate surface area is 72.0 Å². The van der Waals surface area contributed by atoms with Crippen LogP contribution < -0.4 is 0 Å². The Balaban J connectivity index is 2.34. The topological polar surface area (TPSA) is 38.0 Å². The molecule has 0 unspecified atom stereocenters. The van der Waals surface area contributed by atoms with E-state index < -0.39 is 5.60 Å². The first-order chi connectivity index (χ1) is 5.72. The van der Waals surface area contributed by atoms with Crippen molar-refractivity contribution in [2.75, 3.05) is 0 Å². The summed E-state index contributed by atoms with van der Waals surface area (Å²) >= 11 is 0. The largest absolute Gasteiger partial charge is 0.382 e. The van der Waals surface area contributed by atoms with E-state index in [1.807, 2.05) is 17.8 Å². The Hall–Kier alpha value is -0.830. The van der Waals surface area contributed by atoms with Crippen molar-refractivity contribution >= 4 is 0 Å². The standard InChI is InChI=1S/C9H14N2O/c1-11-7-6-10-8(11)9(12)4-2-3-5-9/h6-7,12H,2-5H2,1H3. The Morgan fingerprint density at radius 3 is 2.67 bits per heavy atom. The lowest BCUT2D eigenvalue weighted by atomic mass is 10.0. The molecule has 3 nitrogen and oxygen atoms in total. The second-order valence-corrected chi connectivity index (χ2v) is 3.60. The molecule has 2 rings (SSSR count). The Kier molecular flexibility index (Phi) is 1.68. The van der Waals surface area contributed by atoms with Crippen LogP contribution in [0.1, 0.15) is 31.5 Å². The van der Waals surface area contributed by atoms with Crippen LogP contribution in [0.4, 0.5) is 0 Å². The maximum Gasteiger partial charge on any atom is 0.140 e. The monoisotopic (exact) mass is 166 g/mol. The average molecular weight is 166 g/mol. The smallest absolute Gasteiger partial charge is 0.140 e. The highest BCUT2D eigenvalue weighted by atomic mass is 16.3. The molecule has 1 aromatic rings. The minimum absolute atomic E-state index is 0.641. The summed E-state index contributed by atoms with van der Waals surface area (Å²) in [5, 5.41) is 10.1. The Bertz CT molecular complexity index is 274. The van der Waals surface area contributed by atoms with Gasteiger partial charge in [0.2, 0.25) is 0 Å². The molecule has 0 radical (unpaired) electrons. The number of aliphatic hydroxyl groups is 1. The van der Waals surface area contributed by atoms with Gasteiger partial charge in [0.05, 0.1) is 0 Å². The molecule has 0 atom stereocenters. The predicted octanol–water partition coefficient (Wildman–Crippen LogP) is 1.18. The third-order valence-corrected chi connectivity index (χ3v) is 2.67. The van der Waals surface area contributed by atoms with Gasteiger partial charge in [-0.15, -0.1) is 0 Å². The summed E-state index contributed by atoms with van der Waals surface area (Å²) in [6.07, 6.45) is 7.57. The first kappa shape index (κ1) is 7.80. The summed E-state index contributed by atoms with van der Waals surface area (Å²) in [5.74, 6) is 0.819. The van der Waals surface area contributed by atoms with Crippen LogP contribution in [0.2, 0.25) is 0 Å². The number of imidazole rings is 1. The van der Waals surface area contributed by atoms with Crippen molar-refractivity contribution in [3.05, 3.63) is 18.2 Å². The van der Waals surface area contributed by atoms with Crippen LogP contribution in [-0.2, 0) is 12.6 Å². The highest BCUT2D eigenvalue weighted by Gasteiger charge is 2.36. The fourth-order valence-corrected chi connectivity index (χ4v) is 2.00. The van der Waals surface area contributed by atoms with Crippen molar-refractivity contribution in [2.24, 2.45) is 7.05 Å². The number of nitrogens with zero attached hydrogens (tertiary/aromatic N) is 2. The first-order valence-electron chi connectivity index (χ1n) is 4.42. The first-order valence-corrected chi connectivity index (χ1v) is 4.42. The zero-order valence-electron chi connectivity index (χ0n) is 7.32. The van der Waals surface area contributed by atoms with Crippen molar-refractivity contribution in [3.63, 3.8) is 0 Å². The van der Waals surface area contributed by atoms with E-state index in [-0.39, 0.29) is 0 Å². The number of hydrogen-bond donors (Lipinski definition) is 1. The summed E-state index contributed by atoms with van der Waals surface area (Å²) in [5.41, 5.74) is -0.641. The summed E-state index contributed by atoms with van der Waals surface area (Å²) in [4.78, 5) is 4.18. The van der Waals surface area contributed by atoms with Crippen molar-refractivity contribution in [3.8, 4) is 0 Å². The van der Waals surface area contributed by atoms with Gasteiger partial charge in [-0.05, 0) is 25.7 Å². The molecule has 66 valence electrons. The van der Waals surface area contributed by atoms with Crippen LogP contribution in [0.3, 0.4) is 0 Å². The molecule has 3 heteroatoms. The Morgan fingerprint density at radius 1 is 1.50 bits per heavy atom. The molecule has 0 amide bonds. The van der Waals surface area contributed by atoms with Crippen LogP contribution in [0.15, 0.2) is 12.4 Å². The molecule has 1 aliphatic carbocycles. The molecule has 1 aromatic heterocycles. The maximum absolute atomic E-state index is 10.1. The number of hydrogen-bond acceptors (Lipinski definition) is 2. The van der Waals surface area contributed by atoms with Gasteiger partial charge >= 0.3 is 0 Å². The Morgan fingerprint density at radius 2 is 2.17 bits per heavy atom. The molecule has 0 aliphatic heterocycles. The molecule has 0 spiro atoms. The predicted molar refractivity (Wildman–Crippen MR) is 45.6 cm³/mol. The highest BCUT2D eigenvalue weighted by molar-refractivity contribution is 5.06. The van der Waals surface area contributed by atoms with Crippen LogP contribution in [-0.4, -0.2) is 14.7 Å². The molecular weight excluding hydrogens is 152 g/mol. The van der Waals surface area contributed by atoms with Crippen molar-refractivity contribution in [1.82, 2.24) is 9.55 Å². The molecule has 1 aliphatic rings. The van der Waals surface area contributed by atoms with E-state index in [9.17, 15) is 5.11 Å². The zero-order valence-corrected chi connectivity index (χ0v) is 7.32. The lowest BCUT2D eigenvalue weighted by Crippen LogP contribution is -2.25. The molecule has 1 heterocycles. The maximum atomic E-state index is 10.1. The zero-order chi connectivity index (χ0) is 8.60. The molecule has 1 N–H and O–H groups in total. The van der Waals surface area contributed by atoms with Crippen molar-refractivity contribution in [2.45, 2.75) is 31.3 Å². The van der Waals surface area contributed by atoms with Gasteiger partial charge in [0.25, 0.3) is 0 Å². The van der Waals surface area contributed by atoms with E-state index in [2.05, 4.69) is 4.98 Å². The molecule has 0 saturated heterocycles. The third kappa shape index (κ3) is 1.05. The molecule has 12 heavy (non-hydrogen) atoms. The average Bonchev–Trinajstić information content (AvgIpc) is 2.59. The van der Waals surface area contributed by atoms with E-state index in [0.29, 0.717) is 0 Å². The van der Waals surface area contributed by atoms with Gasteiger partial charge in [-0.1, -0.05) is 0 Å². The van der Waals surface area contributed by atoms with Gasteiger partial charge in [0.1, 0.15) is 11.4 Å². The van der Waals surface area contributed by atoms with Crippen LogP contribution in [0.5, 0.6) is 0 Å². The van der Waals surface area contributed by atoms with Gasteiger partial charge in [-0.3, -0.25) is 0 Å². The molecule has 1 saturated carbocycles. The number of aryl methyl sites for hydroxylation is 1. The normalized spacial score (nSPS) is 21.5. The van der Waals surface area contributed by atoms with E-state index in [1.165, 1.54) is 0 Å². The van der Waals surface area contributed by atoms with Gasteiger partial charge in [0, 0.05) is 19.4 Å². The van der Waals surface area contributed by atoms with Gasteiger partial charge in [-0.2, -0.15) is 0 Å². The summed E-state index contributed by atoms with van der Waals surface area (Å²) in [7, 11) is 1.93. The SMILES string of the molecule is Cn1ccnc1C1(O)CCCC1. The van der Waals surface area contributed by atoms with Gasteiger partial charge in [-0.25, -0.2) is 4.98 Å². The molecule has 0 bridgehead atoms. The number of rotatable bonds is 1. The van der Waals surface area contributed by atoms with Crippen LogP contribution in [0, 0.1) is 0 Å². The third-order valence-electron chi connectivity index (χ3n) is 2.67. The van der Waals surface area contributed by atoms with E-state index in [1.54, 1.807) is 6.20 Å². The lowest BCUT2D eigenvalue weighted by molar-refractivity contribution is 0.0324. The molecule has 1 fully saturated rings. The van der Waals surface area contributed by atoms with Crippen LogP contribution in [0.25, 0.3) is 0 Å². The summed E-state index contributed by atoms with van der Waals surface area (Å²) in [6, 6.07) is 0. The molecular formula is C9H14N2O. The molecule has 0 aromatic carbocycles. The minimum atomic E-state index is -0.641. The van der Waals surface area contributed by atoms with Gasteiger partial charge in [0.15, 0.2) is 0 Å². The van der Waals surface area contributed by atoms with E-state index in [0.717, 1.165) is 31.5 Å². The highest BCUT2D eigenvalue weighted by Crippen LogP contribution is 2.37. The summed E-state index contributed by atoms with van der Waals surface area (Å²) in [6.45, 7) is 0. The minimum Gasteiger partial charge on any atom is -0.382 e. The van der Waals surface area contributed by atoms with E-state index >= 15 is 0 Å². The second-order valence-electron chi connectivity index (χ2n) is 3.60. The quantitative estimate of drug-likeness (QED) is 0.680. The van der Waals surface area contributed by atoms with Crippen molar-refractivity contribution in [1.29, 1.82) is 0 Å². The fraction of sp³-hybridized carbons (Fsp3) is 0.667. The fourth-order valence-electron chi connectivity index (χ4n) is 2.00. The summed E-state index contributed by atoms with van der Waals surface area (Å²) < 4.78 is 1.91.